The van der Waals surface area contributed by atoms with Crippen molar-refractivity contribution in [2.75, 3.05) is 5.43 Å². The Morgan fingerprint density at radius 3 is 2.83 bits per heavy atom. The summed E-state index contributed by atoms with van der Waals surface area (Å²) < 4.78 is 1.48. The van der Waals surface area contributed by atoms with Crippen molar-refractivity contribution in [1.29, 1.82) is 10.5 Å². The molecule has 0 aliphatic heterocycles. The van der Waals surface area contributed by atoms with Gasteiger partial charge in [0.25, 0.3) is 0 Å². The van der Waals surface area contributed by atoms with E-state index in [4.69, 9.17) is 10.5 Å². The van der Waals surface area contributed by atoms with E-state index in [0.29, 0.717) is 5.69 Å². The second-order valence-electron chi connectivity index (χ2n) is 3.10. The van der Waals surface area contributed by atoms with Crippen LogP contribution in [-0.2, 0) is 0 Å². The molecule has 0 aliphatic carbocycles. The predicted molar refractivity (Wildman–Crippen MR) is 61.4 cm³/mol. The maximum absolute atomic E-state index is 8.53. The predicted octanol–water partition coefficient (Wildman–Crippen LogP) is 0.477. The number of hydrogen-bond acceptors (Lipinski definition) is 7. The molecule has 0 saturated carbocycles. The number of benzene rings is 1. The zero-order valence-electron chi connectivity index (χ0n) is 9.02. The smallest absolute Gasteiger partial charge is 0.237 e. The molecule has 0 spiro atoms. The lowest BCUT2D eigenvalue weighted by molar-refractivity contribution is 0.789. The van der Waals surface area contributed by atoms with E-state index in [1.54, 1.807) is 36.4 Å². The molecule has 1 aromatic heterocycles. The van der Waals surface area contributed by atoms with Crippen LogP contribution in [0.25, 0.3) is 5.69 Å². The van der Waals surface area contributed by atoms with Gasteiger partial charge in [0.1, 0.15) is 18.5 Å². The van der Waals surface area contributed by atoms with Crippen LogP contribution in [0.2, 0.25) is 0 Å². The van der Waals surface area contributed by atoms with Gasteiger partial charge >= 0.3 is 0 Å². The van der Waals surface area contributed by atoms with Crippen molar-refractivity contribution in [2.45, 2.75) is 0 Å². The highest BCUT2D eigenvalue weighted by Crippen LogP contribution is 2.13. The van der Waals surface area contributed by atoms with Crippen LogP contribution in [0, 0.1) is 22.7 Å². The molecule has 2 aromatic rings. The van der Waals surface area contributed by atoms with Crippen molar-refractivity contribution in [2.24, 2.45) is 5.10 Å². The molecular weight excluding hydrogens is 232 g/mol. The summed E-state index contributed by atoms with van der Waals surface area (Å²) in [7, 11) is 0. The van der Waals surface area contributed by atoms with Gasteiger partial charge in [-0.25, -0.2) is 4.68 Å². The molecule has 1 N–H and O–H groups in total. The van der Waals surface area contributed by atoms with E-state index in [1.807, 2.05) is 0 Å². The van der Waals surface area contributed by atoms with E-state index < -0.39 is 0 Å². The maximum Gasteiger partial charge on any atom is 0.237 e. The third-order valence-electron chi connectivity index (χ3n) is 1.97. The summed E-state index contributed by atoms with van der Waals surface area (Å²) in [6.45, 7) is 0. The first-order valence-corrected chi connectivity index (χ1v) is 4.81. The molecule has 2 rings (SSSR count). The van der Waals surface area contributed by atoms with Crippen LogP contribution >= 0.6 is 0 Å². The van der Waals surface area contributed by atoms with Crippen LogP contribution < -0.4 is 5.43 Å². The van der Waals surface area contributed by atoms with Crippen LogP contribution in [0.3, 0.4) is 0 Å². The van der Waals surface area contributed by atoms with Crippen molar-refractivity contribution < 1.29 is 0 Å². The van der Waals surface area contributed by atoms with E-state index in [2.05, 4.69) is 26.1 Å². The fraction of sp³-hybridized carbons (Fsp3) is 0. The Hall–Kier alpha value is -3.26. The highest BCUT2D eigenvalue weighted by molar-refractivity contribution is 6.10. The number of hydrazone groups is 1. The van der Waals surface area contributed by atoms with Crippen LogP contribution in [0.1, 0.15) is 0 Å². The number of nitriles is 2. The maximum atomic E-state index is 8.53. The molecule has 1 heterocycles. The molecule has 0 saturated heterocycles. The Bertz CT molecular complexity index is 627. The number of tetrazole rings is 1. The number of nitrogens with zero attached hydrogens (tertiary/aromatic N) is 7. The Morgan fingerprint density at radius 2 is 2.17 bits per heavy atom. The third kappa shape index (κ3) is 2.46. The van der Waals surface area contributed by atoms with Gasteiger partial charge in [-0.15, -0.1) is 5.10 Å². The van der Waals surface area contributed by atoms with Gasteiger partial charge in [0.2, 0.25) is 5.71 Å². The molecule has 8 heteroatoms. The van der Waals surface area contributed by atoms with Gasteiger partial charge in [-0.2, -0.15) is 15.6 Å². The summed E-state index contributed by atoms with van der Waals surface area (Å²) in [6.07, 6.45) is 1.46. The lowest BCUT2D eigenvalue weighted by atomic mass is 10.3. The average Bonchev–Trinajstić information content (AvgIpc) is 2.94. The zero-order valence-corrected chi connectivity index (χ0v) is 9.02. The van der Waals surface area contributed by atoms with E-state index in [1.165, 1.54) is 11.0 Å². The zero-order chi connectivity index (χ0) is 12.8. The SMILES string of the molecule is N#CC(C#N)=NNc1cccc(-n2cnnn2)c1. The molecule has 18 heavy (non-hydrogen) atoms. The molecule has 0 fully saturated rings. The third-order valence-corrected chi connectivity index (χ3v) is 1.97. The fourth-order valence-corrected chi connectivity index (χ4v) is 1.19. The second-order valence-corrected chi connectivity index (χ2v) is 3.10. The van der Waals surface area contributed by atoms with E-state index in [9.17, 15) is 0 Å². The van der Waals surface area contributed by atoms with Crippen LogP contribution in [0.4, 0.5) is 5.69 Å². The highest BCUT2D eigenvalue weighted by Gasteiger charge is 1.99. The van der Waals surface area contributed by atoms with Gasteiger partial charge in [-0.05, 0) is 28.6 Å². The first kappa shape index (κ1) is 11.2. The lowest BCUT2D eigenvalue weighted by Gasteiger charge is -2.03. The van der Waals surface area contributed by atoms with Gasteiger partial charge in [0.05, 0.1) is 11.4 Å². The van der Waals surface area contributed by atoms with Crippen molar-refractivity contribution in [3.8, 4) is 17.8 Å². The summed E-state index contributed by atoms with van der Waals surface area (Å²) in [5, 5.41) is 31.5. The molecule has 86 valence electrons. The van der Waals surface area contributed by atoms with Crippen molar-refractivity contribution in [1.82, 2.24) is 20.2 Å². The lowest BCUT2D eigenvalue weighted by Crippen LogP contribution is -1.99. The molecule has 0 aliphatic rings. The van der Waals surface area contributed by atoms with Crippen molar-refractivity contribution in [3.05, 3.63) is 30.6 Å². The summed E-state index contributed by atoms with van der Waals surface area (Å²) in [5.41, 5.74) is 3.71. The largest absolute Gasteiger partial charge is 0.276 e. The van der Waals surface area contributed by atoms with Gasteiger partial charge in [0, 0.05) is 0 Å². The molecule has 1 aromatic carbocycles. The van der Waals surface area contributed by atoms with Gasteiger partial charge < -0.3 is 0 Å². The molecular formula is C10H6N8. The molecule has 0 radical (unpaired) electrons. The van der Waals surface area contributed by atoms with Gasteiger partial charge in [-0.1, -0.05) is 6.07 Å². The standard InChI is InChI=1S/C10H6N8/c11-5-9(6-12)15-14-8-2-1-3-10(4-8)18-7-13-16-17-18/h1-4,7,14H. The summed E-state index contributed by atoms with van der Waals surface area (Å²) in [5.74, 6) is 0. The summed E-state index contributed by atoms with van der Waals surface area (Å²) >= 11 is 0. The highest BCUT2D eigenvalue weighted by atomic mass is 15.5. The van der Waals surface area contributed by atoms with Gasteiger partial charge in [0.15, 0.2) is 0 Å². The molecule has 8 nitrogen and oxygen atoms in total. The van der Waals surface area contributed by atoms with E-state index in [0.717, 1.165) is 5.69 Å². The number of anilines is 1. The monoisotopic (exact) mass is 238 g/mol. The number of hydrogen-bond donors (Lipinski definition) is 1. The van der Waals surface area contributed by atoms with Gasteiger partial charge in [-0.3, -0.25) is 5.43 Å². The summed E-state index contributed by atoms with van der Waals surface area (Å²) in [6, 6.07) is 10.4. The van der Waals surface area contributed by atoms with Crippen molar-refractivity contribution in [3.63, 3.8) is 0 Å². The normalized spacial score (nSPS) is 9.00. The Morgan fingerprint density at radius 1 is 1.33 bits per heavy atom. The molecule has 0 unspecified atom stereocenters. The molecule has 0 bridgehead atoms. The van der Waals surface area contributed by atoms with Crippen molar-refractivity contribution >= 4 is 11.4 Å². The molecule has 0 amide bonds. The fourth-order valence-electron chi connectivity index (χ4n) is 1.19. The topological polar surface area (TPSA) is 116 Å². The van der Waals surface area contributed by atoms with E-state index in [-0.39, 0.29) is 5.71 Å². The minimum Gasteiger partial charge on any atom is -0.276 e. The summed E-state index contributed by atoms with van der Waals surface area (Å²) in [4.78, 5) is 0. The Kier molecular flexibility index (Phi) is 3.24. The Balaban J connectivity index is 2.22. The van der Waals surface area contributed by atoms with Crippen LogP contribution in [-0.4, -0.2) is 25.9 Å². The first-order chi connectivity index (χ1) is 8.83. The van der Waals surface area contributed by atoms with Crippen LogP contribution in [0.15, 0.2) is 35.7 Å². The van der Waals surface area contributed by atoms with Crippen LogP contribution in [0.5, 0.6) is 0 Å². The second kappa shape index (κ2) is 5.18. The number of rotatable bonds is 3. The van der Waals surface area contributed by atoms with E-state index >= 15 is 0 Å². The minimum absolute atomic E-state index is 0.247. The minimum atomic E-state index is -0.247. The molecule has 0 atom stereocenters. The quantitative estimate of drug-likeness (QED) is 0.614. The number of nitrogens with one attached hydrogen (secondary N) is 1. The Labute approximate surface area is 102 Å². The first-order valence-electron chi connectivity index (χ1n) is 4.81. The average molecular weight is 238 g/mol. The number of aromatic nitrogens is 4.